The average Bonchev–Trinajstić information content (AvgIpc) is 2.47. The summed E-state index contributed by atoms with van der Waals surface area (Å²) in [5, 5.41) is 0. The maximum absolute atomic E-state index is 11.5. The zero-order valence-electron chi connectivity index (χ0n) is 8.66. The Bertz CT molecular complexity index is 313. The first-order valence-electron chi connectivity index (χ1n) is 4.61. The van der Waals surface area contributed by atoms with Crippen molar-refractivity contribution in [1.82, 2.24) is 0 Å². The fourth-order valence-corrected chi connectivity index (χ4v) is 1.74. The molecule has 1 heterocycles. The molecule has 1 rings (SSSR count). The summed E-state index contributed by atoms with van der Waals surface area (Å²) in [6, 6.07) is 1.67. The van der Waals surface area contributed by atoms with Gasteiger partial charge < -0.3 is 10.5 Å². The number of nitrogens with two attached hydrogens (primary N) is 1. The molecule has 2 N–H and O–H groups in total. The van der Waals surface area contributed by atoms with Crippen molar-refractivity contribution in [1.29, 1.82) is 0 Å². The highest BCUT2D eigenvalue weighted by molar-refractivity contribution is 7.14. The van der Waals surface area contributed by atoms with Gasteiger partial charge in [-0.25, -0.2) is 4.79 Å². The number of rotatable bonds is 3. The molecule has 0 amide bonds. The summed E-state index contributed by atoms with van der Waals surface area (Å²) in [6.45, 7) is 5.74. The number of hydrogen-bond donors (Lipinski definition) is 1. The normalized spacial score (nSPS) is 12.5. The van der Waals surface area contributed by atoms with Crippen molar-refractivity contribution in [3.63, 3.8) is 0 Å². The molecule has 1 unspecified atom stereocenters. The molecule has 78 valence electrons. The molecular formula is C10H15NO2S. The van der Waals surface area contributed by atoms with E-state index >= 15 is 0 Å². The Morgan fingerprint density at radius 2 is 2.36 bits per heavy atom. The van der Waals surface area contributed by atoms with Crippen LogP contribution in [-0.2, 0) is 4.74 Å². The van der Waals surface area contributed by atoms with E-state index in [1.54, 1.807) is 6.07 Å². The molecule has 0 radical (unpaired) electrons. The lowest BCUT2D eigenvalue weighted by Crippen LogP contribution is -2.12. The molecule has 0 aliphatic heterocycles. The van der Waals surface area contributed by atoms with Crippen LogP contribution in [0.25, 0.3) is 0 Å². The molecule has 0 saturated heterocycles. The maximum atomic E-state index is 11.5. The lowest BCUT2D eigenvalue weighted by Gasteiger charge is -2.08. The molecule has 0 aliphatic carbocycles. The summed E-state index contributed by atoms with van der Waals surface area (Å²) >= 11 is 1.38. The molecule has 0 fully saturated rings. The highest BCUT2D eigenvalue weighted by atomic mass is 32.1. The molecule has 0 aliphatic rings. The van der Waals surface area contributed by atoms with Crippen LogP contribution in [0.15, 0.2) is 6.07 Å². The zero-order chi connectivity index (χ0) is 10.7. The van der Waals surface area contributed by atoms with Crippen LogP contribution in [-0.4, -0.2) is 12.1 Å². The molecule has 0 aromatic carbocycles. The minimum absolute atomic E-state index is 0.0360. The van der Waals surface area contributed by atoms with Gasteiger partial charge in [0.15, 0.2) is 0 Å². The second-order valence-electron chi connectivity index (χ2n) is 3.25. The predicted molar refractivity (Wildman–Crippen MR) is 58.6 cm³/mol. The molecule has 3 nitrogen and oxygen atoms in total. The van der Waals surface area contributed by atoms with Gasteiger partial charge in [0.1, 0.15) is 4.88 Å². The van der Waals surface area contributed by atoms with Crippen molar-refractivity contribution in [3.05, 3.63) is 15.8 Å². The second-order valence-corrected chi connectivity index (χ2v) is 4.50. The molecule has 0 saturated carbocycles. The Balaban J connectivity index is 2.70. The SMILES string of the molecule is CCC(C)OC(=O)c1cc(N)c(C)s1. The molecule has 0 bridgehead atoms. The number of nitrogen functional groups attached to an aromatic ring is 1. The third-order valence-electron chi connectivity index (χ3n) is 2.04. The van der Waals surface area contributed by atoms with E-state index in [1.807, 2.05) is 20.8 Å². The van der Waals surface area contributed by atoms with E-state index in [0.717, 1.165) is 11.3 Å². The van der Waals surface area contributed by atoms with Crippen molar-refractivity contribution in [2.45, 2.75) is 33.3 Å². The molecule has 4 heteroatoms. The topological polar surface area (TPSA) is 52.3 Å². The van der Waals surface area contributed by atoms with E-state index in [4.69, 9.17) is 10.5 Å². The van der Waals surface area contributed by atoms with E-state index < -0.39 is 0 Å². The average molecular weight is 213 g/mol. The van der Waals surface area contributed by atoms with Crippen molar-refractivity contribution in [2.75, 3.05) is 5.73 Å². The Morgan fingerprint density at radius 1 is 1.71 bits per heavy atom. The van der Waals surface area contributed by atoms with Gasteiger partial charge in [-0.3, -0.25) is 0 Å². The van der Waals surface area contributed by atoms with Gasteiger partial charge in [0, 0.05) is 10.6 Å². The van der Waals surface area contributed by atoms with Crippen molar-refractivity contribution < 1.29 is 9.53 Å². The molecule has 14 heavy (non-hydrogen) atoms. The highest BCUT2D eigenvalue weighted by Crippen LogP contribution is 2.24. The van der Waals surface area contributed by atoms with Crippen molar-refractivity contribution in [2.24, 2.45) is 0 Å². The Hall–Kier alpha value is -1.03. The van der Waals surface area contributed by atoms with Crippen LogP contribution in [0.4, 0.5) is 5.69 Å². The van der Waals surface area contributed by atoms with Gasteiger partial charge in [0.25, 0.3) is 0 Å². The van der Waals surface area contributed by atoms with E-state index in [1.165, 1.54) is 11.3 Å². The minimum atomic E-state index is -0.274. The van der Waals surface area contributed by atoms with Gasteiger partial charge in [-0.2, -0.15) is 0 Å². The summed E-state index contributed by atoms with van der Waals surface area (Å²) < 4.78 is 5.17. The van der Waals surface area contributed by atoms with Crippen molar-refractivity contribution >= 4 is 23.0 Å². The quantitative estimate of drug-likeness (QED) is 0.785. The number of aryl methyl sites for hydroxylation is 1. The van der Waals surface area contributed by atoms with Gasteiger partial charge in [-0.05, 0) is 26.3 Å². The Labute approximate surface area is 87.9 Å². The Morgan fingerprint density at radius 3 is 2.79 bits per heavy atom. The number of carbonyl (C=O) groups excluding carboxylic acids is 1. The summed E-state index contributed by atoms with van der Waals surface area (Å²) in [5.74, 6) is -0.274. The van der Waals surface area contributed by atoms with E-state index in [9.17, 15) is 4.79 Å². The fraction of sp³-hybridized carbons (Fsp3) is 0.500. The number of thiophene rings is 1. The van der Waals surface area contributed by atoms with Crippen LogP contribution in [0.3, 0.4) is 0 Å². The smallest absolute Gasteiger partial charge is 0.348 e. The van der Waals surface area contributed by atoms with Crippen LogP contribution >= 0.6 is 11.3 Å². The van der Waals surface area contributed by atoms with Gasteiger partial charge in [0.05, 0.1) is 6.10 Å². The van der Waals surface area contributed by atoms with Crippen LogP contribution in [0.1, 0.15) is 34.8 Å². The van der Waals surface area contributed by atoms with Gasteiger partial charge in [0.2, 0.25) is 0 Å². The summed E-state index contributed by atoms with van der Waals surface area (Å²) in [5.41, 5.74) is 6.30. The van der Waals surface area contributed by atoms with E-state index in [2.05, 4.69) is 0 Å². The number of ether oxygens (including phenoxy) is 1. The molecular weight excluding hydrogens is 198 g/mol. The highest BCUT2D eigenvalue weighted by Gasteiger charge is 2.14. The van der Waals surface area contributed by atoms with Gasteiger partial charge in [-0.1, -0.05) is 6.92 Å². The van der Waals surface area contributed by atoms with Crippen LogP contribution < -0.4 is 5.73 Å². The minimum Gasteiger partial charge on any atom is -0.459 e. The standard InChI is InChI=1S/C10H15NO2S/c1-4-6(2)13-10(12)9-5-8(11)7(3)14-9/h5-6H,4,11H2,1-3H3. The third-order valence-corrected chi connectivity index (χ3v) is 3.09. The van der Waals surface area contributed by atoms with Crippen LogP contribution in [0.5, 0.6) is 0 Å². The first kappa shape index (κ1) is 11.0. The first-order chi connectivity index (χ1) is 6.54. The largest absolute Gasteiger partial charge is 0.459 e. The third kappa shape index (κ3) is 2.48. The lowest BCUT2D eigenvalue weighted by atomic mass is 10.3. The number of hydrogen-bond acceptors (Lipinski definition) is 4. The number of anilines is 1. The van der Waals surface area contributed by atoms with Crippen molar-refractivity contribution in [3.8, 4) is 0 Å². The second kappa shape index (κ2) is 4.46. The first-order valence-corrected chi connectivity index (χ1v) is 5.43. The zero-order valence-corrected chi connectivity index (χ0v) is 9.48. The van der Waals surface area contributed by atoms with Gasteiger partial charge in [-0.15, -0.1) is 11.3 Å². The molecule has 1 atom stereocenters. The molecule has 1 aromatic heterocycles. The number of esters is 1. The molecule has 1 aromatic rings. The predicted octanol–water partition coefficient (Wildman–Crippen LogP) is 2.59. The molecule has 0 spiro atoms. The summed E-state index contributed by atoms with van der Waals surface area (Å²) in [7, 11) is 0. The summed E-state index contributed by atoms with van der Waals surface area (Å²) in [6.07, 6.45) is 0.789. The lowest BCUT2D eigenvalue weighted by molar-refractivity contribution is 0.0340. The van der Waals surface area contributed by atoms with E-state index in [0.29, 0.717) is 10.6 Å². The van der Waals surface area contributed by atoms with Crippen LogP contribution in [0.2, 0.25) is 0 Å². The summed E-state index contributed by atoms with van der Waals surface area (Å²) in [4.78, 5) is 13.1. The number of carbonyl (C=O) groups is 1. The van der Waals surface area contributed by atoms with Crippen LogP contribution in [0, 0.1) is 6.92 Å². The Kier molecular flexibility index (Phi) is 3.52. The van der Waals surface area contributed by atoms with Gasteiger partial charge >= 0.3 is 5.97 Å². The maximum Gasteiger partial charge on any atom is 0.348 e. The monoisotopic (exact) mass is 213 g/mol. The van der Waals surface area contributed by atoms with E-state index in [-0.39, 0.29) is 12.1 Å². The fourth-order valence-electron chi connectivity index (χ4n) is 0.921.